The maximum Gasteiger partial charge on any atom is 0.116 e. The molecule has 118 valence electrons. The zero-order valence-corrected chi connectivity index (χ0v) is 14.3. The van der Waals surface area contributed by atoms with Crippen LogP contribution < -0.4 is 0 Å². The maximum absolute atomic E-state index is 10.1. The number of phenols is 1. The summed E-state index contributed by atoms with van der Waals surface area (Å²) in [7, 11) is 0. The van der Waals surface area contributed by atoms with Crippen molar-refractivity contribution in [1.29, 1.82) is 0 Å². The van der Waals surface area contributed by atoms with Crippen molar-refractivity contribution < 1.29 is 5.11 Å². The van der Waals surface area contributed by atoms with Crippen LogP contribution in [0.3, 0.4) is 0 Å². The van der Waals surface area contributed by atoms with Gasteiger partial charge in [0, 0.05) is 0 Å². The van der Waals surface area contributed by atoms with Gasteiger partial charge in [-0.2, -0.15) is 0 Å². The van der Waals surface area contributed by atoms with Crippen LogP contribution in [0.1, 0.15) is 49.9 Å². The van der Waals surface area contributed by atoms with E-state index in [-0.39, 0.29) is 0 Å². The van der Waals surface area contributed by atoms with Gasteiger partial charge >= 0.3 is 0 Å². The molecule has 0 unspecified atom stereocenters. The number of benzene rings is 2. The Labute approximate surface area is 135 Å². The van der Waals surface area contributed by atoms with Gasteiger partial charge in [-0.25, -0.2) is 0 Å². The minimum atomic E-state index is 0.406. The van der Waals surface area contributed by atoms with E-state index in [1.54, 1.807) is 0 Å². The first-order valence-corrected chi connectivity index (χ1v) is 8.33. The predicted molar refractivity (Wildman–Crippen MR) is 94.4 cm³/mol. The highest BCUT2D eigenvalue weighted by atomic mass is 16.3. The second-order valence-electron chi connectivity index (χ2n) is 7.10. The van der Waals surface area contributed by atoms with Crippen LogP contribution in [0, 0.1) is 11.8 Å². The lowest BCUT2D eigenvalue weighted by molar-refractivity contribution is 0.471. The normalized spacial score (nSPS) is 11.4. The summed E-state index contributed by atoms with van der Waals surface area (Å²) in [6.45, 7) is 8.94. The van der Waals surface area contributed by atoms with E-state index in [0.29, 0.717) is 17.6 Å². The van der Waals surface area contributed by atoms with Gasteiger partial charge in [-0.1, -0.05) is 58.0 Å². The molecule has 0 saturated carbocycles. The molecule has 0 heterocycles. The quantitative estimate of drug-likeness (QED) is 0.758. The lowest BCUT2D eigenvalue weighted by Gasteiger charge is -2.19. The van der Waals surface area contributed by atoms with Crippen LogP contribution >= 0.6 is 0 Å². The Morgan fingerprint density at radius 1 is 0.818 bits per heavy atom. The highest BCUT2D eigenvalue weighted by Crippen LogP contribution is 2.28. The van der Waals surface area contributed by atoms with Crippen LogP contribution in [0.4, 0.5) is 0 Å². The van der Waals surface area contributed by atoms with Crippen LogP contribution in [0.2, 0.25) is 0 Å². The summed E-state index contributed by atoms with van der Waals surface area (Å²) in [6.07, 6.45) is 2.98. The summed E-state index contributed by atoms with van der Waals surface area (Å²) in [4.78, 5) is 0. The molecule has 0 atom stereocenters. The summed E-state index contributed by atoms with van der Waals surface area (Å²) in [5.41, 5.74) is 5.35. The fraction of sp³-hybridized carbons (Fsp3) is 0.429. The van der Waals surface area contributed by atoms with Crippen molar-refractivity contribution in [1.82, 2.24) is 0 Å². The molecular formula is C21H28O. The second-order valence-corrected chi connectivity index (χ2v) is 7.10. The van der Waals surface area contributed by atoms with Crippen molar-refractivity contribution in [3.63, 3.8) is 0 Å². The smallest absolute Gasteiger partial charge is 0.116 e. The summed E-state index contributed by atoms with van der Waals surface area (Å²) in [5, 5.41) is 10.1. The first kappa shape index (κ1) is 16.6. The number of aromatic hydroxyl groups is 1. The molecule has 0 amide bonds. The van der Waals surface area contributed by atoms with Gasteiger partial charge in [-0.15, -0.1) is 0 Å². The number of phenolic OH excluding ortho intramolecular Hbond substituents is 1. The van der Waals surface area contributed by atoms with Gasteiger partial charge in [-0.05, 0) is 65.5 Å². The van der Waals surface area contributed by atoms with Crippen LogP contribution in [0.25, 0.3) is 0 Å². The zero-order chi connectivity index (χ0) is 16.1. The first-order chi connectivity index (χ1) is 10.5. The molecule has 0 aliphatic carbocycles. The Kier molecular flexibility index (Phi) is 5.65. The standard InChI is InChI=1S/C21H28O/c1-15(2)10-18-13-20(22)14-19(11-16(3)4)21(18)12-17-8-6-5-7-9-17/h5-9,13-16,22H,10-12H2,1-4H3. The van der Waals surface area contributed by atoms with Gasteiger partial charge in [0.2, 0.25) is 0 Å². The summed E-state index contributed by atoms with van der Waals surface area (Å²) in [6, 6.07) is 14.5. The van der Waals surface area contributed by atoms with Gasteiger partial charge in [0.15, 0.2) is 0 Å². The summed E-state index contributed by atoms with van der Waals surface area (Å²) in [5.74, 6) is 1.58. The molecule has 2 aromatic rings. The molecule has 0 radical (unpaired) electrons. The molecule has 0 aromatic heterocycles. The van der Waals surface area contributed by atoms with E-state index >= 15 is 0 Å². The van der Waals surface area contributed by atoms with E-state index in [4.69, 9.17) is 0 Å². The largest absolute Gasteiger partial charge is 0.508 e. The zero-order valence-electron chi connectivity index (χ0n) is 14.3. The maximum atomic E-state index is 10.1. The van der Waals surface area contributed by atoms with Crippen molar-refractivity contribution in [3.05, 3.63) is 64.7 Å². The van der Waals surface area contributed by atoms with Crippen LogP contribution in [-0.4, -0.2) is 5.11 Å². The molecule has 2 rings (SSSR count). The van der Waals surface area contributed by atoms with E-state index in [0.717, 1.165) is 19.3 Å². The molecule has 0 aliphatic heterocycles. The van der Waals surface area contributed by atoms with Crippen molar-refractivity contribution in [2.75, 3.05) is 0 Å². The van der Waals surface area contributed by atoms with Crippen molar-refractivity contribution >= 4 is 0 Å². The number of hydrogen-bond donors (Lipinski definition) is 1. The average Bonchev–Trinajstić information content (AvgIpc) is 2.42. The van der Waals surface area contributed by atoms with Crippen LogP contribution in [0.15, 0.2) is 42.5 Å². The SMILES string of the molecule is CC(C)Cc1cc(O)cc(CC(C)C)c1Cc1ccccc1. The highest BCUT2D eigenvalue weighted by Gasteiger charge is 2.14. The topological polar surface area (TPSA) is 20.2 Å². The van der Waals surface area contributed by atoms with Crippen LogP contribution in [-0.2, 0) is 19.3 Å². The Hall–Kier alpha value is -1.76. The minimum Gasteiger partial charge on any atom is -0.508 e. The van der Waals surface area contributed by atoms with E-state index in [2.05, 4.69) is 58.0 Å². The summed E-state index contributed by atoms with van der Waals surface area (Å²) < 4.78 is 0. The molecule has 1 heteroatoms. The minimum absolute atomic E-state index is 0.406. The third-order valence-corrected chi connectivity index (χ3v) is 3.90. The Morgan fingerprint density at radius 2 is 1.32 bits per heavy atom. The van der Waals surface area contributed by atoms with E-state index in [9.17, 15) is 5.11 Å². The molecule has 0 aliphatic rings. The lowest BCUT2D eigenvalue weighted by atomic mass is 9.87. The lowest BCUT2D eigenvalue weighted by Crippen LogP contribution is -2.07. The van der Waals surface area contributed by atoms with Gasteiger partial charge in [-0.3, -0.25) is 0 Å². The first-order valence-electron chi connectivity index (χ1n) is 8.33. The summed E-state index contributed by atoms with van der Waals surface area (Å²) >= 11 is 0. The highest BCUT2D eigenvalue weighted by molar-refractivity contribution is 5.45. The predicted octanol–water partition coefficient (Wildman–Crippen LogP) is 5.38. The Bertz CT molecular complexity index is 566. The molecular weight excluding hydrogens is 268 g/mol. The number of hydrogen-bond acceptors (Lipinski definition) is 1. The van der Waals surface area contributed by atoms with Crippen molar-refractivity contribution in [2.45, 2.75) is 47.0 Å². The molecule has 1 nitrogen and oxygen atoms in total. The average molecular weight is 296 g/mol. The molecule has 0 saturated heterocycles. The fourth-order valence-electron chi connectivity index (χ4n) is 3.05. The Balaban J connectivity index is 2.45. The molecule has 0 fully saturated rings. The van der Waals surface area contributed by atoms with Gasteiger partial charge in [0.25, 0.3) is 0 Å². The molecule has 2 aromatic carbocycles. The Morgan fingerprint density at radius 3 is 1.77 bits per heavy atom. The third-order valence-electron chi connectivity index (χ3n) is 3.90. The second kappa shape index (κ2) is 7.49. The number of rotatable bonds is 6. The van der Waals surface area contributed by atoms with Crippen LogP contribution in [0.5, 0.6) is 5.75 Å². The van der Waals surface area contributed by atoms with Gasteiger partial charge < -0.3 is 5.11 Å². The molecule has 0 spiro atoms. The van der Waals surface area contributed by atoms with E-state index < -0.39 is 0 Å². The molecule has 0 bridgehead atoms. The molecule has 22 heavy (non-hydrogen) atoms. The third kappa shape index (κ3) is 4.62. The van der Waals surface area contributed by atoms with Gasteiger partial charge in [0.1, 0.15) is 5.75 Å². The van der Waals surface area contributed by atoms with Crippen molar-refractivity contribution in [2.24, 2.45) is 11.8 Å². The van der Waals surface area contributed by atoms with Gasteiger partial charge in [0.05, 0.1) is 0 Å². The monoisotopic (exact) mass is 296 g/mol. The van der Waals surface area contributed by atoms with Crippen molar-refractivity contribution in [3.8, 4) is 5.75 Å². The fourth-order valence-corrected chi connectivity index (χ4v) is 3.05. The van der Waals surface area contributed by atoms with E-state index in [1.165, 1.54) is 22.3 Å². The molecule has 1 N–H and O–H groups in total. The van der Waals surface area contributed by atoms with E-state index in [1.807, 2.05) is 12.1 Å².